The van der Waals surface area contributed by atoms with E-state index < -0.39 is 4.92 Å². The van der Waals surface area contributed by atoms with Gasteiger partial charge in [0.2, 0.25) is 0 Å². The molecule has 0 aromatic heterocycles. The predicted octanol–water partition coefficient (Wildman–Crippen LogP) is 5.18. The maximum Gasteiger partial charge on any atom is 0.293 e. The number of nitro groups is 1. The van der Waals surface area contributed by atoms with E-state index in [1.54, 1.807) is 12.1 Å². The highest BCUT2D eigenvalue weighted by atomic mass is 79.9. The Kier molecular flexibility index (Phi) is 4.62. The van der Waals surface area contributed by atoms with Crippen LogP contribution in [-0.2, 0) is 0 Å². The van der Waals surface area contributed by atoms with Crippen molar-refractivity contribution in [3.8, 4) is 0 Å². The molecule has 0 saturated carbocycles. The molecule has 4 nitrogen and oxygen atoms in total. The molecular weight excluding hydrogens is 344 g/mol. The van der Waals surface area contributed by atoms with Gasteiger partial charge in [0.15, 0.2) is 0 Å². The average Bonchev–Trinajstić information content (AvgIpc) is 2.41. The van der Waals surface area contributed by atoms with E-state index in [2.05, 4.69) is 21.2 Å². The normalized spacial score (nSPS) is 11.9. The van der Waals surface area contributed by atoms with Crippen molar-refractivity contribution < 1.29 is 4.92 Å². The molecule has 104 valence electrons. The Hall–Kier alpha value is -1.59. The first kappa shape index (κ1) is 14.8. The van der Waals surface area contributed by atoms with Crippen molar-refractivity contribution in [1.82, 2.24) is 0 Å². The molecule has 0 radical (unpaired) electrons. The second-order valence-corrected chi connectivity index (χ2v) is 5.69. The van der Waals surface area contributed by atoms with Crippen LogP contribution in [0, 0.1) is 10.1 Å². The zero-order valence-electron chi connectivity index (χ0n) is 10.6. The van der Waals surface area contributed by atoms with Gasteiger partial charge in [-0.2, -0.15) is 0 Å². The minimum atomic E-state index is -0.442. The fraction of sp³-hybridized carbons (Fsp3) is 0.143. The van der Waals surface area contributed by atoms with Gasteiger partial charge in [-0.15, -0.1) is 0 Å². The Morgan fingerprint density at radius 3 is 2.50 bits per heavy atom. The Labute approximate surface area is 130 Å². The lowest BCUT2D eigenvalue weighted by Crippen LogP contribution is -2.08. The summed E-state index contributed by atoms with van der Waals surface area (Å²) in [5.74, 6) is 0. The third-order valence-electron chi connectivity index (χ3n) is 2.90. The Morgan fingerprint density at radius 2 is 1.90 bits per heavy atom. The van der Waals surface area contributed by atoms with Crippen molar-refractivity contribution in [2.45, 2.75) is 13.0 Å². The van der Waals surface area contributed by atoms with Crippen LogP contribution in [0.25, 0.3) is 0 Å². The molecule has 0 bridgehead atoms. The van der Waals surface area contributed by atoms with Gasteiger partial charge in [-0.25, -0.2) is 0 Å². The molecular formula is C14H12BrClN2O2. The fourth-order valence-corrected chi connectivity index (χ4v) is 2.28. The highest BCUT2D eigenvalue weighted by Crippen LogP contribution is 2.30. The smallest absolute Gasteiger partial charge is 0.293 e. The Balaban J connectivity index is 2.25. The lowest BCUT2D eigenvalue weighted by atomic mass is 10.1. The highest BCUT2D eigenvalue weighted by molar-refractivity contribution is 9.10. The molecule has 0 aliphatic carbocycles. The monoisotopic (exact) mass is 354 g/mol. The number of hydrogen-bond acceptors (Lipinski definition) is 3. The van der Waals surface area contributed by atoms with Crippen LogP contribution >= 0.6 is 27.5 Å². The number of nitrogens with one attached hydrogen (secondary N) is 1. The third-order valence-corrected chi connectivity index (χ3v) is 3.66. The van der Waals surface area contributed by atoms with Crippen molar-refractivity contribution in [1.29, 1.82) is 0 Å². The lowest BCUT2D eigenvalue weighted by molar-refractivity contribution is -0.384. The number of benzene rings is 2. The summed E-state index contributed by atoms with van der Waals surface area (Å²) in [5.41, 5.74) is 1.47. The first-order valence-corrected chi connectivity index (χ1v) is 7.10. The summed E-state index contributed by atoms with van der Waals surface area (Å²) in [6.07, 6.45) is 0. The summed E-state index contributed by atoms with van der Waals surface area (Å²) in [5, 5.41) is 14.5. The number of nitro benzene ring substituents is 1. The summed E-state index contributed by atoms with van der Waals surface area (Å²) in [7, 11) is 0. The van der Waals surface area contributed by atoms with Gasteiger partial charge < -0.3 is 5.32 Å². The Bertz CT molecular complexity index is 632. The molecule has 0 spiro atoms. The van der Waals surface area contributed by atoms with Crippen molar-refractivity contribution in [3.05, 3.63) is 67.6 Å². The molecule has 0 amide bonds. The fourth-order valence-electron chi connectivity index (χ4n) is 1.85. The number of nitrogens with zero attached hydrogens (tertiary/aromatic N) is 1. The maximum absolute atomic E-state index is 11.0. The van der Waals surface area contributed by atoms with E-state index in [1.165, 1.54) is 6.07 Å². The van der Waals surface area contributed by atoms with E-state index in [9.17, 15) is 10.1 Å². The van der Waals surface area contributed by atoms with Crippen LogP contribution in [0.3, 0.4) is 0 Å². The second-order valence-electron chi connectivity index (χ2n) is 4.34. The molecule has 1 N–H and O–H groups in total. The van der Waals surface area contributed by atoms with Crippen LogP contribution in [0.4, 0.5) is 11.4 Å². The quantitative estimate of drug-likeness (QED) is 0.607. The largest absolute Gasteiger partial charge is 0.373 e. The van der Waals surface area contributed by atoms with Gasteiger partial charge in [0.1, 0.15) is 5.69 Å². The van der Waals surface area contributed by atoms with Crippen molar-refractivity contribution >= 4 is 38.9 Å². The SMILES string of the molecule is CC(Nc1ccc(Cl)cc1[N+](=O)[O-])c1ccc(Br)cc1. The van der Waals surface area contributed by atoms with Crippen molar-refractivity contribution in [2.24, 2.45) is 0 Å². The van der Waals surface area contributed by atoms with E-state index in [0.29, 0.717) is 10.7 Å². The summed E-state index contributed by atoms with van der Waals surface area (Å²) in [6, 6.07) is 12.3. The van der Waals surface area contributed by atoms with E-state index in [4.69, 9.17) is 11.6 Å². The molecule has 0 aliphatic heterocycles. The molecule has 0 heterocycles. The number of rotatable bonds is 4. The van der Waals surface area contributed by atoms with Crippen LogP contribution in [-0.4, -0.2) is 4.92 Å². The minimum Gasteiger partial charge on any atom is -0.373 e. The Morgan fingerprint density at radius 1 is 1.25 bits per heavy atom. The molecule has 2 aromatic rings. The molecule has 0 aliphatic rings. The summed E-state index contributed by atoms with van der Waals surface area (Å²) in [6.45, 7) is 1.95. The maximum atomic E-state index is 11.0. The first-order chi connectivity index (χ1) is 9.47. The predicted molar refractivity (Wildman–Crippen MR) is 84.3 cm³/mol. The summed E-state index contributed by atoms with van der Waals surface area (Å²) in [4.78, 5) is 10.6. The lowest BCUT2D eigenvalue weighted by Gasteiger charge is -2.16. The van der Waals surface area contributed by atoms with Gasteiger partial charge in [-0.1, -0.05) is 39.7 Å². The van der Waals surface area contributed by atoms with Gasteiger partial charge in [0.25, 0.3) is 5.69 Å². The van der Waals surface area contributed by atoms with Crippen LogP contribution in [0.1, 0.15) is 18.5 Å². The second kappa shape index (κ2) is 6.24. The molecule has 0 saturated heterocycles. The van der Waals surface area contributed by atoms with E-state index in [0.717, 1.165) is 10.0 Å². The van der Waals surface area contributed by atoms with E-state index >= 15 is 0 Å². The summed E-state index contributed by atoms with van der Waals surface area (Å²) < 4.78 is 0.992. The van der Waals surface area contributed by atoms with E-state index in [-0.39, 0.29) is 11.7 Å². The molecule has 2 rings (SSSR count). The van der Waals surface area contributed by atoms with Gasteiger partial charge >= 0.3 is 0 Å². The number of halogens is 2. The topological polar surface area (TPSA) is 55.2 Å². The third kappa shape index (κ3) is 3.49. The van der Waals surface area contributed by atoms with Crippen LogP contribution in [0.5, 0.6) is 0 Å². The van der Waals surface area contributed by atoms with E-state index in [1.807, 2.05) is 31.2 Å². The first-order valence-electron chi connectivity index (χ1n) is 5.93. The zero-order valence-corrected chi connectivity index (χ0v) is 13.0. The minimum absolute atomic E-state index is 0.0264. The molecule has 20 heavy (non-hydrogen) atoms. The number of hydrogen-bond donors (Lipinski definition) is 1. The molecule has 1 atom stereocenters. The zero-order chi connectivity index (χ0) is 14.7. The molecule has 0 fully saturated rings. The van der Waals surface area contributed by atoms with Gasteiger partial charge in [-0.05, 0) is 36.8 Å². The van der Waals surface area contributed by atoms with Gasteiger partial charge in [0.05, 0.1) is 4.92 Å². The van der Waals surface area contributed by atoms with Crippen molar-refractivity contribution in [3.63, 3.8) is 0 Å². The van der Waals surface area contributed by atoms with Crippen LogP contribution < -0.4 is 5.32 Å². The molecule has 6 heteroatoms. The van der Waals surface area contributed by atoms with Crippen molar-refractivity contribution in [2.75, 3.05) is 5.32 Å². The van der Waals surface area contributed by atoms with Crippen LogP contribution in [0.15, 0.2) is 46.9 Å². The standard InChI is InChI=1S/C14H12BrClN2O2/c1-9(10-2-4-11(15)5-3-10)17-13-7-6-12(16)8-14(13)18(19)20/h2-9,17H,1H3. The highest BCUT2D eigenvalue weighted by Gasteiger charge is 2.16. The van der Waals surface area contributed by atoms with Crippen LogP contribution in [0.2, 0.25) is 5.02 Å². The van der Waals surface area contributed by atoms with Gasteiger partial charge in [-0.3, -0.25) is 10.1 Å². The molecule has 2 aromatic carbocycles. The average molecular weight is 356 g/mol. The summed E-state index contributed by atoms with van der Waals surface area (Å²) >= 11 is 9.17. The van der Waals surface area contributed by atoms with Gasteiger partial charge in [0, 0.05) is 21.6 Å². The number of anilines is 1. The molecule has 1 unspecified atom stereocenters.